The van der Waals surface area contributed by atoms with E-state index in [0.717, 1.165) is 31.5 Å². The van der Waals surface area contributed by atoms with Crippen LogP contribution in [0.15, 0.2) is 59.5 Å². The fourth-order valence-electron chi connectivity index (χ4n) is 2.91. The molecule has 0 spiro atoms. The maximum atomic E-state index is 12.5. The minimum absolute atomic E-state index is 0. The lowest BCUT2D eigenvalue weighted by Gasteiger charge is -2.23. The highest BCUT2D eigenvalue weighted by Gasteiger charge is 2.19. The molecule has 6 nitrogen and oxygen atoms in total. The molecule has 0 unspecified atom stereocenters. The van der Waals surface area contributed by atoms with Gasteiger partial charge >= 0.3 is 0 Å². The van der Waals surface area contributed by atoms with Crippen molar-refractivity contribution < 1.29 is 13.2 Å². The van der Waals surface area contributed by atoms with E-state index in [1.165, 1.54) is 12.1 Å². The Morgan fingerprint density at radius 1 is 1.11 bits per heavy atom. The van der Waals surface area contributed by atoms with Crippen LogP contribution in [0, 0.1) is 0 Å². The summed E-state index contributed by atoms with van der Waals surface area (Å²) < 4.78 is 27.6. The Balaban J connectivity index is 0.00000261. The lowest BCUT2D eigenvalue weighted by Crippen LogP contribution is -2.45. The number of sulfonamides is 1. The maximum absolute atomic E-state index is 12.5. The van der Waals surface area contributed by atoms with Gasteiger partial charge in [0.2, 0.25) is 10.0 Å². The van der Waals surface area contributed by atoms with E-state index in [1.807, 2.05) is 30.3 Å². The van der Waals surface area contributed by atoms with Crippen LogP contribution in [0.3, 0.4) is 0 Å². The molecule has 1 fully saturated rings. The zero-order valence-electron chi connectivity index (χ0n) is 14.9. The van der Waals surface area contributed by atoms with Gasteiger partial charge in [0.15, 0.2) is 0 Å². The molecule has 1 aliphatic heterocycles. The summed E-state index contributed by atoms with van der Waals surface area (Å²) in [6, 6.07) is 15.5. The van der Waals surface area contributed by atoms with Crippen LogP contribution in [-0.2, 0) is 16.6 Å². The van der Waals surface area contributed by atoms with Crippen LogP contribution in [0.4, 0.5) is 0 Å². The number of amides is 1. The fraction of sp³-hybridized carbons (Fsp3) is 0.316. The Morgan fingerprint density at radius 2 is 1.89 bits per heavy atom. The van der Waals surface area contributed by atoms with E-state index in [1.54, 1.807) is 12.1 Å². The molecule has 146 valence electrons. The minimum Gasteiger partial charge on any atom is -0.348 e. The van der Waals surface area contributed by atoms with E-state index in [4.69, 9.17) is 0 Å². The second kappa shape index (κ2) is 9.85. The molecule has 27 heavy (non-hydrogen) atoms. The number of carbonyl (C=O) groups is 1. The number of nitrogens with one attached hydrogen (secondary N) is 3. The molecule has 0 aliphatic carbocycles. The molecule has 2 aromatic carbocycles. The molecule has 1 aliphatic rings. The molecular weight excluding hydrogens is 386 g/mol. The van der Waals surface area contributed by atoms with Crippen LogP contribution in [-0.4, -0.2) is 33.5 Å². The van der Waals surface area contributed by atoms with Crippen molar-refractivity contribution in [2.45, 2.75) is 30.3 Å². The van der Waals surface area contributed by atoms with Crippen LogP contribution in [0.1, 0.15) is 28.8 Å². The molecule has 8 heteroatoms. The van der Waals surface area contributed by atoms with Gasteiger partial charge in [0.05, 0.1) is 4.90 Å². The molecule has 0 aromatic heterocycles. The normalized spacial score (nSPS) is 17.0. The first kappa shape index (κ1) is 21.4. The van der Waals surface area contributed by atoms with Crippen LogP contribution < -0.4 is 15.4 Å². The van der Waals surface area contributed by atoms with E-state index < -0.39 is 10.0 Å². The molecule has 0 radical (unpaired) electrons. The maximum Gasteiger partial charge on any atom is 0.251 e. The molecule has 0 bridgehead atoms. The third-order valence-corrected chi connectivity index (χ3v) is 5.75. The average molecular weight is 410 g/mol. The number of halogens is 1. The number of benzene rings is 2. The van der Waals surface area contributed by atoms with Crippen molar-refractivity contribution in [3.8, 4) is 0 Å². The molecular formula is C19H24ClN3O3S. The first-order chi connectivity index (χ1) is 12.5. The van der Waals surface area contributed by atoms with E-state index in [0.29, 0.717) is 5.56 Å². The monoisotopic (exact) mass is 409 g/mol. The van der Waals surface area contributed by atoms with Gasteiger partial charge < -0.3 is 10.6 Å². The average Bonchev–Trinajstić information content (AvgIpc) is 2.68. The zero-order valence-corrected chi connectivity index (χ0v) is 16.5. The summed E-state index contributed by atoms with van der Waals surface area (Å²) in [6.07, 6.45) is 1.94. The Labute approximate surface area is 166 Å². The van der Waals surface area contributed by atoms with Gasteiger partial charge in [0.25, 0.3) is 5.91 Å². The number of rotatable bonds is 6. The molecule has 0 saturated carbocycles. The van der Waals surface area contributed by atoms with Gasteiger partial charge in [-0.05, 0) is 43.1 Å². The van der Waals surface area contributed by atoms with Crippen molar-refractivity contribution in [1.29, 1.82) is 0 Å². The van der Waals surface area contributed by atoms with Crippen molar-refractivity contribution in [2.24, 2.45) is 0 Å². The van der Waals surface area contributed by atoms with Crippen LogP contribution in [0.5, 0.6) is 0 Å². The Kier molecular flexibility index (Phi) is 7.79. The predicted molar refractivity (Wildman–Crippen MR) is 108 cm³/mol. The molecule has 1 saturated heterocycles. The van der Waals surface area contributed by atoms with E-state index in [2.05, 4.69) is 15.4 Å². The third-order valence-electron chi connectivity index (χ3n) is 4.35. The predicted octanol–water partition coefficient (Wildman–Crippen LogP) is 2.07. The van der Waals surface area contributed by atoms with Gasteiger partial charge in [-0.25, -0.2) is 13.1 Å². The Bertz CT molecular complexity index is 854. The summed E-state index contributed by atoms with van der Waals surface area (Å²) in [7, 11) is -3.69. The summed E-state index contributed by atoms with van der Waals surface area (Å²) in [4.78, 5) is 12.5. The summed E-state index contributed by atoms with van der Waals surface area (Å²) in [5.74, 6) is -0.251. The standard InChI is InChI=1S/C19H23N3O3S.ClH/c23-19(22-17-9-5-11-20-14-17)16-8-4-10-18(12-16)26(24,25)21-13-15-6-2-1-3-7-15;/h1-4,6-8,10,12,17,20-21H,5,9,11,13-14H2,(H,22,23);1H/t17-;/m0./s1. The molecule has 2 aromatic rings. The molecule has 3 rings (SSSR count). The number of carbonyl (C=O) groups excluding carboxylic acids is 1. The van der Waals surface area contributed by atoms with Crippen molar-refractivity contribution in [1.82, 2.24) is 15.4 Å². The number of hydrogen-bond donors (Lipinski definition) is 3. The van der Waals surface area contributed by atoms with Crippen molar-refractivity contribution in [3.05, 3.63) is 65.7 Å². The third kappa shape index (κ3) is 6.04. The Morgan fingerprint density at radius 3 is 2.59 bits per heavy atom. The highest BCUT2D eigenvalue weighted by Crippen LogP contribution is 2.13. The SMILES string of the molecule is Cl.O=C(N[C@H]1CCCNC1)c1cccc(S(=O)(=O)NCc2ccccc2)c1. The van der Waals surface area contributed by atoms with Gasteiger partial charge in [-0.2, -0.15) is 0 Å². The van der Waals surface area contributed by atoms with Crippen molar-refractivity contribution >= 4 is 28.3 Å². The highest BCUT2D eigenvalue weighted by molar-refractivity contribution is 7.89. The lowest BCUT2D eigenvalue weighted by atomic mass is 10.1. The first-order valence-corrected chi connectivity index (χ1v) is 10.2. The lowest BCUT2D eigenvalue weighted by molar-refractivity contribution is 0.0930. The second-order valence-electron chi connectivity index (χ2n) is 6.35. The van der Waals surface area contributed by atoms with E-state index >= 15 is 0 Å². The summed E-state index contributed by atoms with van der Waals surface area (Å²) in [5, 5.41) is 6.19. The van der Waals surface area contributed by atoms with Crippen molar-refractivity contribution in [2.75, 3.05) is 13.1 Å². The van der Waals surface area contributed by atoms with Gasteiger partial charge in [0.1, 0.15) is 0 Å². The fourth-order valence-corrected chi connectivity index (χ4v) is 3.97. The molecule has 1 atom stereocenters. The second-order valence-corrected chi connectivity index (χ2v) is 8.12. The number of piperidine rings is 1. The summed E-state index contributed by atoms with van der Waals surface area (Å²) in [5.41, 5.74) is 1.22. The van der Waals surface area contributed by atoms with E-state index in [9.17, 15) is 13.2 Å². The molecule has 3 N–H and O–H groups in total. The van der Waals surface area contributed by atoms with Crippen molar-refractivity contribution in [3.63, 3.8) is 0 Å². The van der Waals surface area contributed by atoms with E-state index in [-0.39, 0.29) is 35.8 Å². The minimum atomic E-state index is -3.69. The Hall–Kier alpha value is -1.93. The highest BCUT2D eigenvalue weighted by atomic mass is 35.5. The van der Waals surface area contributed by atoms with Crippen LogP contribution in [0.2, 0.25) is 0 Å². The van der Waals surface area contributed by atoms with Crippen LogP contribution >= 0.6 is 12.4 Å². The summed E-state index contributed by atoms with van der Waals surface area (Å²) in [6.45, 7) is 1.91. The molecule has 1 heterocycles. The van der Waals surface area contributed by atoms with Gasteiger partial charge in [-0.1, -0.05) is 36.4 Å². The van der Waals surface area contributed by atoms with Gasteiger partial charge in [-0.3, -0.25) is 4.79 Å². The largest absolute Gasteiger partial charge is 0.348 e. The topological polar surface area (TPSA) is 87.3 Å². The zero-order chi connectivity index (χ0) is 18.4. The van der Waals surface area contributed by atoms with Gasteiger partial charge in [-0.15, -0.1) is 12.4 Å². The van der Waals surface area contributed by atoms with Crippen LogP contribution in [0.25, 0.3) is 0 Å². The summed E-state index contributed by atoms with van der Waals surface area (Å²) >= 11 is 0. The molecule has 1 amide bonds. The van der Waals surface area contributed by atoms with Gasteiger partial charge in [0, 0.05) is 24.7 Å². The number of hydrogen-bond acceptors (Lipinski definition) is 4. The quantitative estimate of drug-likeness (QED) is 0.681. The smallest absolute Gasteiger partial charge is 0.251 e. The first-order valence-electron chi connectivity index (χ1n) is 8.70.